The van der Waals surface area contributed by atoms with Gasteiger partial charge in [-0.25, -0.2) is 0 Å². The first-order valence-corrected chi connectivity index (χ1v) is 5.08. The molecule has 1 aliphatic rings. The van der Waals surface area contributed by atoms with E-state index in [1.54, 1.807) is 0 Å². The fourth-order valence-corrected chi connectivity index (χ4v) is 1.53. The fraction of sp³-hybridized carbons (Fsp3) is 0.900. The molecular weight excluding hydrogens is 166 g/mol. The number of carbonyl (C=O) groups is 1. The Morgan fingerprint density at radius 1 is 1.62 bits per heavy atom. The zero-order valence-corrected chi connectivity index (χ0v) is 8.51. The van der Waals surface area contributed by atoms with Crippen molar-refractivity contribution in [1.29, 1.82) is 0 Å². The number of rotatable bonds is 4. The van der Waals surface area contributed by atoms with Crippen molar-refractivity contribution in [2.24, 2.45) is 5.73 Å². The predicted octanol–water partition coefficient (Wildman–Crippen LogP) is 1.60. The van der Waals surface area contributed by atoms with Crippen LogP contribution in [0.5, 0.6) is 0 Å². The Morgan fingerprint density at radius 3 is 2.62 bits per heavy atom. The standard InChI is InChI=1S/C10H19NO2/c1-3-5-8(2)13-9(12)10(11)6-4-7-10/h8H,3-7,11H2,1-2H3. The van der Waals surface area contributed by atoms with Crippen LogP contribution in [-0.4, -0.2) is 17.6 Å². The van der Waals surface area contributed by atoms with E-state index in [-0.39, 0.29) is 12.1 Å². The zero-order valence-electron chi connectivity index (χ0n) is 8.51. The summed E-state index contributed by atoms with van der Waals surface area (Å²) in [5, 5.41) is 0. The Labute approximate surface area is 79.6 Å². The van der Waals surface area contributed by atoms with Gasteiger partial charge in [-0.05, 0) is 32.6 Å². The summed E-state index contributed by atoms with van der Waals surface area (Å²) in [4.78, 5) is 11.5. The van der Waals surface area contributed by atoms with Crippen LogP contribution >= 0.6 is 0 Å². The average Bonchev–Trinajstić information content (AvgIpc) is 2.00. The van der Waals surface area contributed by atoms with Gasteiger partial charge in [0, 0.05) is 0 Å². The molecule has 3 heteroatoms. The lowest BCUT2D eigenvalue weighted by molar-refractivity contribution is -0.158. The van der Waals surface area contributed by atoms with Crippen LogP contribution in [0.1, 0.15) is 46.0 Å². The third-order valence-corrected chi connectivity index (χ3v) is 2.66. The number of hydrogen-bond acceptors (Lipinski definition) is 3. The maximum Gasteiger partial charge on any atom is 0.326 e. The molecule has 1 saturated carbocycles. The van der Waals surface area contributed by atoms with Crippen molar-refractivity contribution in [2.45, 2.75) is 57.6 Å². The molecule has 13 heavy (non-hydrogen) atoms. The van der Waals surface area contributed by atoms with Gasteiger partial charge in [-0.2, -0.15) is 0 Å². The molecule has 1 rings (SSSR count). The zero-order chi connectivity index (χ0) is 9.90. The summed E-state index contributed by atoms with van der Waals surface area (Å²) in [6.45, 7) is 4.00. The topological polar surface area (TPSA) is 52.3 Å². The second-order valence-corrected chi connectivity index (χ2v) is 4.01. The van der Waals surface area contributed by atoms with Crippen molar-refractivity contribution >= 4 is 5.97 Å². The van der Waals surface area contributed by atoms with Crippen LogP contribution < -0.4 is 5.73 Å². The highest BCUT2D eigenvalue weighted by Gasteiger charge is 2.42. The van der Waals surface area contributed by atoms with Gasteiger partial charge in [-0.15, -0.1) is 0 Å². The van der Waals surface area contributed by atoms with Crippen molar-refractivity contribution in [3.8, 4) is 0 Å². The lowest BCUT2D eigenvalue weighted by Crippen LogP contribution is -2.55. The van der Waals surface area contributed by atoms with E-state index < -0.39 is 5.54 Å². The molecule has 0 aromatic rings. The molecule has 0 saturated heterocycles. The summed E-state index contributed by atoms with van der Waals surface area (Å²) in [7, 11) is 0. The molecule has 0 heterocycles. The quantitative estimate of drug-likeness (QED) is 0.677. The fourth-order valence-electron chi connectivity index (χ4n) is 1.53. The molecule has 0 bridgehead atoms. The average molecular weight is 185 g/mol. The van der Waals surface area contributed by atoms with Crippen LogP contribution in [0.2, 0.25) is 0 Å². The molecule has 3 nitrogen and oxygen atoms in total. The Kier molecular flexibility index (Phi) is 3.31. The lowest BCUT2D eigenvalue weighted by Gasteiger charge is -2.36. The minimum atomic E-state index is -0.651. The number of carbonyl (C=O) groups excluding carboxylic acids is 1. The second-order valence-electron chi connectivity index (χ2n) is 4.01. The highest BCUT2D eigenvalue weighted by Crippen LogP contribution is 2.30. The van der Waals surface area contributed by atoms with E-state index in [2.05, 4.69) is 6.92 Å². The van der Waals surface area contributed by atoms with Gasteiger partial charge in [0.25, 0.3) is 0 Å². The first-order valence-electron chi connectivity index (χ1n) is 5.08. The smallest absolute Gasteiger partial charge is 0.326 e. The number of nitrogens with two attached hydrogens (primary N) is 1. The van der Waals surface area contributed by atoms with E-state index in [1.165, 1.54) is 0 Å². The molecule has 0 spiro atoms. The number of hydrogen-bond donors (Lipinski definition) is 1. The molecule has 76 valence electrons. The first kappa shape index (κ1) is 10.5. The normalized spacial score (nSPS) is 21.8. The molecule has 0 aromatic carbocycles. The Balaban J connectivity index is 2.32. The summed E-state index contributed by atoms with van der Waals surface area (Å²) < 4.78 is 5.23. The molecular formula is C10H19NO2. The van der Waals surface area contributed by atoms with Crippen molar-refractivity contribution < 1.29 is 9.53 Å². The van der Waals surface area contributed by atoms with Crippen LogP contribution in [0.15, 0.2) is 0 Å². The summed E-state index contributed by atoms with van der Waals surface area (Å²) in [5.41, 5.74) is 5.17. The van der Waals surface area contributed by atoms with E-state index in [0.717, 1.165) is 32.1 Å². The number of esters is 1. The monoisotopic (exact) mass is 185 g/mol. The van der Waals surface area contributed by atoms with E-state index >= 15 is 0 Å². The van der Waals surface area contributed by atoms with E-state index in [0.29, 0.717) is 0 Å². The molecule has 1 fully saturated rings. The van der Waals surface area contributed by atoms with Crippen LogP contribution in [0, 0.1) is 0 Å². The third kappa shape index (κ3) is 2.44. The first-order chi connectivity index (χ1) is 6.08. The molecule has 1 unspecified atom stereocenters. The predicted molar refractivity (Wildman–Crippen MR) is 51.2 cm³/mol. The molecule has 0 aliphatic heterocycles. The molecule has 0 amide bonds. The molecule has 0 aromatic heterocycles. The van der Waals surface area contributed by atoms with Gasteiger partial charge in [-0.1, -0.05) is 13.3 Å². The Hall–Kier alpha value is -0.570. The van der Waals surface area contributed by atoms with Gasteiger partial charge in [-0.3, -0.25) is 4.79 Å². The molecule has 0 radical (unpaired) electrons. The minimum Gasteiger partial charge on any atom is -0.461 e. The largest absolute Gasteiger partial charge is 0.461 e. The molecule has 2 N–H and O–H groups in total. The minimum absolute atomic E-state index is 0.0125. The van der Waals surface area contributed by atoms with Crippen LogP contribution in [0.25, 0.3) is 0 Å². The molecule has 1 atom stereocenters. The second kappa shape index (κ2) is 4.09. The summed E-state index contributed by atoms with van der Waals surface area (Å²) >= 11 is 0. The van der Waals surface area contributed by atoms with Gasteiger partial charge in [0.05, 0.1) is 6.10 Å². The van der Waals surface area contributed by atoms with Crippen LogP contribution in [-0.2, 0) is 9.53 Å². The Bertz CT molecular complexity index is 187. The van der Waals surface area contributed by atoms with Crippen molar-refractivity contribution in [3.05, 3.63) is 0 Å². The van der Waals surface area contributed by atoms with Gasteiger partial charge >= 0.3 is 5.97 Å². The van der Waals surface area contributed by atoms with Gasteiger partial charge in [0.2, 0.25) is 0 Å². The molecule has 1 aliphatic carbocycles. The van der Waals surface area contributed by atoms with Crippen molar-refractivity contribution in [2.75, 3.05) is 0 Å². The van der Waals surface area contributed by atoms with Gasteiger partial charge < -0.3 is 10.5 Å². The SMILES string of the molecule is CCCC(C)OC(=O)C1(N)CCC1. The maximum absolute atomic E-state index is 11.5. The van der Waals surface area contributed by atoms with E-state index in [9.17, 15) is 4.79 Å². The number of ether oxygens (including phenoxy) is 1. The lowest BCUT2D eigenvalue weighted by atomic mass is 9.78. The van der Waals surface area contributed by atoms with Crippen molar-refractivity contribution in [1.82, 2.24) is 0 Å². The van der Waals surface area contributed by atoms with Crippen LogP contribution in [0.3, 0.4) is 0 Å². The summed E-state index contributed by atoms with van der Waals surface area (Å²) in [6, 6.07) is 0. The van der Waals surface area contributed by atoms with Crippen LogP contribution in [0.4, 0.5) is 0 Å². The third-order valence-electron chi connectivity index (χ3n) is 2.66. The summed E-state index contributed by atoms with van der Waals surface area (Å²) in [6.07, 6.45) is 4.58. The highest BCUT2D eigenvalue weighted by atomic mass is 16.5. The van der Waals surface area contributed by atoms with Gasteiger partial charge in [0.1, 0.15) is 5.54 Å². The summed E-state index contributed by atoms with van der Waals surface area (Å²) in [5.74, 6) is -0.209. The van der Waals surface area contributed by atoms with Crippen molar-refractivity contribution in [3.63, 3.8) is 0 Å². The highest BCUT2D eigenvalue weighted by molar-refractivity contribution is 5.81. The Morgan fingerprint density at radius 2 is 2.23 bits per heavy atom. The van der Waals surface area contributed by atoms with E-state index in [1.807, 2.05) is 6.92 Å². The van der Waals surface area contributed by atoms with Gasteiger partial charge in [0.15, 0.2) is 0 Å². The van der Waals surface area contributed by atoms with E-state index in [4.69, 9.17) is 10.5 Å². The maximum atomic E-state index is 11.5.